The smallest absolute Gasteiger partial charge is 0.0569 e. The van der Waals surface area contributed by atoms with Gasteiger partial charge in [0.1, 0.15) is 0 Å². The normalized spacial score (nSPS) is 19.4. The highest BCUT2D eigenvalue weighted by atomic mass is 15.2. The van der Waals surface area contributed by atoms with E-state index >= 15 is 0 Å². The zero-order valence-electron chi connectivity index (χ0n) is 12.3. The Labute approximate surface area is 116 Å². The second-order valence-corrected chi connectivity index (χ2v) is 5.51. The number of hydrogen-bond acceptors (Lipinski definition) is 4. The molecule has 1 aliphatic heterocycles. The van der Waals surface area contributed by atoms with Crippen molar-refractivity contribution in [2.75, 3.05) is 31.6 Å². The molecule has 1 fully saturated rings. The molecule has 0 aliphatic carbocycles. The van der Waals surface area contributed by atoms with Crippen molar-refractivity contribution in [1.29, 1.82) is 0 Å². The van der Waals surface area contributed by atoms with E-state index in [0.717, 1.165) is 5.69 Å². The highest BCUT2D eigenvalue weighted by Crippen LogP contribution is 2.22. The number of pyridine rings is 1. The highest BCUT2D eigenvalue weighted by Gasteiger charge is 2.21. The molecule has 106 valence electrons. The molecular weight excluding hydrogens is 236 g/mol. The molecular formula is C15H26N4. The van der Waals surface area contributed by atoms with Crippen LogP contribution in [0.5, 0.6) is 0 Å². The second-order valence-electron chi connectivity index (χ2n) is 5.51. The van der Waals surface area contributed by atoms with E-state index in [0.29, 0.717) is 6.04 Å². The fraction of sp³-hybridized carbons (Fsp3) is 0.667. The van der Waals surface area contributed by atoms with E-state index in [9.17, 15) is 0 Å². The molecule has 19 heavy (non-hydrogen) atoms. The van der Waals surface area contributed by atoms with E-state index < -0.39 is 0 Å². The molecule has 0 bridgehead atoms. The predicted molar refractivity (Wildman–Crippen MR) is 80.4 cm³/mol. The summed E-state index contributed by atoms with van der Waals surface area (Å²) in [5.41, 5.74) is 7.98. The summed E-state index contributed by atoms with van der Waals surface area (Å²) < 4.78 is 0. The van der Waals surface area contributed by atoms with Crippen LogP contribution in [-0.2, 0) is 0 Å². The van der Waals surface area contributed by atoms with Gasteiger partial charge in [-0.2, -0.15) is 0 Å². The van der Waals surface area contributed by atoms with Crippen LogP contribution < -0.4 is 10.6 Å². The van der Waals surface area contributed by atoms with E-state index in [2.05, 4.69) is 34.8 Å². The van der Waals surface area contributed by atoms with E-state index in [1.165, 1.54) is 38.2 Å². The molecule has 0 saturated carbocycles. The number of hydrogen-bond donors (Lipinski definition) is 1. The lowest BCUT2D eigenvalue weighted by molar-refractivity contribution is 0.221. The Morgan fingerprint density at radius 2 is 2.11 bits per heavy atom. The SMILES string of the molecule is CCN1CCC(N(C)c2ccc(C(C)N)nc2)CC1. The molecule has 1 aliphatic rings. The minimum absolute atomic E-state index is 0.00662. The Balaban J connectivity index is 1.97. The van der Waals surface area contributed by atoms with Crippen molar-refractivity contribution in [1.82, 2.24) is 9.88 Å². The number of nitrogens with two attached hydrogens (primary N) is 1. The molecule has 0 spiro atoms. The Bertz CT molecular complexity index is 380. The molecule has 2 heterocycles. The van der Waals surface area contributed by atoms with E-state index in [1.807, 2.05) is 19.2 Å². The fourth-order valence-electron chi connectivity index (χ4n) is 2.71. The first kappa shape index (κ1) is 14.3. The number of likely N-dealkylation sites (tertiary alicyclic amines) is 1. The van der Waals surface area contributed by atoms with Crippen LogP contribution >= 0.6 is 0 Å². The summed E-state index contributed by atoms with van der Waals surface area (Å²) in [5.74, 6) is 0. The Morgan fingerprint density at radius 3 is 2.58 bits per heavy atom. The quantitative estimate of drug-likeness (QED) is 0.902. The molecule has 4 nitrogen and oxygen atoms in total. The van der Waals surface area contributed by atoms with Crippen molar-refractivity contribution in [3.63, 3.8) is 0 Å². The molecule has 2 N–H and O–H groups in total. The Morgan fingerprint density at radius 1 is 1.42 bits per heavy atom. The van der Waals surface area contributed by atoms with Crippen LogP contribution in [0, 0.1) is 0 Å². The number of aromatic nitrogens is 1. The third kappa shape index (κ3) is 3.45. The predicted octanol–water partition coefficient (Wildman–Crippen LogP) is 2.02. The number of anilines is 1. The molecule has 4 heteroatoms. The van der Waals surface area contributed by atoms with Gasteiger partial charge in [-0.1, -0.05) is 6.92 Å². The van der Waals surface area contributed by atoms with Crippen LogP contribution in [0.25, 0.3) is 0 Å². The zero-order chi connectivity index (χ0) is 13.8. The van der Waals surface area contributed by atoms with E-state index in [4.69, 9.17) is 5.73 Å². The largest absolute Gasteiger partial charge is 0.370 e. The lowest BCUT2D eigenvalue weighted by Gasteiger charge is -2.37. The van der Waals surface area contributed by atoms with Crippen LogP contribution in [0.2, 0.25) is 0 Å². The summed E-state index contributed by atoms with van der Waals surface area (Å²) in [5, 5.41) is 0. The van der Waals surface area contributed by atoms with Crippen LogP contribution in [0.15, 0.2) is 18.3 Å². The first-order chi connectivity index (χ1) is 9.11. The summed E-state index contributed by atoms with van der Waals surface area (Å²) in [6, 6.07) is 4.81. The monoisotopic (exact) mass is 262 g/mol. The summed E-state index contributed by atoms with van der Waals surface area (Å²) in [7, 11) is 2.18. The van der Waals surface area contributed by atoms with Crippen molar-refractivity contribution < 1.29 is 0 Å². The first-order valence-corrected chi connectivity index (χ1v) is 7.28. The van der Waals surface area contributed by atoms with Crippen molar-refractivity contribution in [3.8, 4) is 0 Å². The summed E-state index contributed by atoms with van der Waals surface area (Å²) in [4.78, 5) is 9.33. The van der Waals surface area contributed by atoms with Gasteiger partial charge in [0.2, 0.25) is 0 Å². The standard InChI is InChI=1S/C15H26N4/c1-4-19-9-7-13(8-10-19)18(3)14-5-6-15(12(2)16)17-11-14/h5-6,11-13H,4,7-10,16H2,1-3H3. The molecule has 0 amide bonds. The van der Waals surface area contributed by atoms with Gasteiger partial charge in [-0.05, 0) is 38.4 Å². The average Bonchev–Trinajstić information content (AvgIpc) is 2.46. The lowest BCUT2D eigenvalue weighted by Crippen LogP contribution is -2.43. The van der Waals surface area contributed by atoms with Gasteiger partial charge in [-0.3, -0.25) is 4.98 Å². The van der Waals surface area contributed by atoms with E-state index in [1.54, 1.807) is 0 Å². The van der Waals surface area contributed by atoms with Crippen molar-refractivity contribution >= 4 is 5.69 Å². The zero-order valence-corrected chi connectivity index (χ0v) is 12.3. The van der Waals surface area contributed by atoms with Crippen LogP contribution in [0.3, 0.4) is 0 Å². The van der Waals surface area contributed by atoms with Gasteiger partial charge >= 0.3 is 0 Å². The third-order valence-corrected chi connectivity index (χ3v) is 4.20. The Hall–Kier alpha value is -1.13. The van der Waals surface area contributed by atoms with Crippen LogP contribution in [0.1, 0.15) is 38.4 Å². The van der Waals surface area contributed by atoms with Gasteiger partial charge in [-0.15, -0.1) is 0 Å². The van der Waals surface area contributed by atoms with Gasteiger partial charge in [0.25, 0.3) is 0 Å². The second kappa shape index (κ2) is 6.35. The number of rotatable bonds is 4. The number of piperidine rings is 1. The molecule has 0 radical (unpaired) electrons. The van der Waals surface area contributed by atoms with Gasteiger partial charge in [0.05, 0.1) is 17.6 Å². The van der Waals surface area contributed by atoms with E-state index in [-0.39, 0.29) is 6.04 Å². The first-order valence-electron chi connectivity index (χ1n) is 7.28. The van der Waals surface area contributed by atoms with Crippen LogP contribution in [-0.4, -0.2) is 42.6 Å². The van der Waals surface area contributed by atoms with Gasteiger partial charge in [-0.25, -0.2) is 0 Å². The van der Waals surface area contributed by atoms with Crippen molar-refractivity contribution in [2.24, 2.45) is 5.73 Å². The molecule has 1 aromatic rings. The maximum atomic E-state index is 5.83. The highest BCUT2D eigenvalue weighted by molar-refractivity contribution is 5.45. The average molecular weight is 262 g/mol. The molecule has 1 atom stereocenters. The molecule has 2 rings (SSSR count). The molecule has 1 unspecified atom stereocenters. The summed E-state index contributed by atoms with van der Waals surface area (Å²) in [6.07, 6.45) is 4.42. The minimum Gasteiger partial charge on any atom is -0.370 e. The van der Waals surface area contributed by atoms with Gasteiger partial charge in [0.15, 0.2) is 0 Å². The number of nitrogens with zero attached hydrogens (tertiary/aromatic N) is 3. The maximum absolute atomic E-state index is 5.83. The topological polar surface area (TPSA) is 45.4 Å². The Kier molecular flexibility index (Phi) is 4.77. The maximum Gasteiger partial charge on any atom is 0.0569 e. The molecule has 0 aromatic carbocycles. The van der Waals surface area contributed by atoms with Crippen LogP contribution in [0.4, 0.5) is 5.69 Å². The summed E-state index contributed by atoms with van der Waals surface area (Å²) in [6.45, 7) is 7.78. The van der Waals surface area contributed by atoms with Gasteiger partial charge in [0, 0.05) is 32.2 Å². The van der Waals surface area contributed by atoms with Crippen molar-refractivity contribution in [3.05, 3.63) is 24.0 Å². The van der Waals surface area contributed by atoms with Crippen molar-refractivity contribution in [2.45, 2.75) is 38.8 Å². The summed E-state index contributed by atoms with van der Waals surface area (Å²) >= 11 is 0. The van der Waals surface area contributed by atoms with Gasteiger partial charge < -0.3 is 15.5 Å². The third-order valence-electron chi connectivity index (χ3n) is 4.20. The fourth-order valence-corrected chi connectivity index (χ4v) is 2.71. The minimum atomic E-state index is 0.00662. The lowest BCUT2D eigenvalue weighted by atomic mass is 10.0. The molecule has 1 saturated heterocycles. The molecule has 1 aromatic heterocycles.